The molecule has 0 spiro atoms. The van der Waals surface area contributed by atoms with Crippen molar-refractivity contribution in [2.75, 3.05) is 32.9 Å². The molecule has 0 aromatic carbocycles. The second-order valence-corrected chi connectivity index (χ2v) is 5.09. The van der Waals surface area contributed by atoms with Gasteiger partial charge in [-0.15, -0.1) is 0 Å². The van der Waals surface area contributed by atoms with E-state index in [1.165, 1.54) is 0 Å². The molecule has 18 heavy (non-hydrogen) atoms. The molecular weight excluding hydrogens is 234 g/mol. The first kappa shape index (κ1) is 13.8. The number of piperidine rings is 1. The highest BCUT2D eigenvalue weighted by atomic mass is 16.5. The number of aliphatic carboxylic acids is 1. The second-order valence-electron chi connectivity index (χ2n) is 5.09. The first-order valence-electron chi connectivity index (χ1n) is 6.91. The van der Waals surface area contributed by atoms with Crippen LogP contribution < -0.4 is 0 Å². The maximum atomic E-state index is 10.4. The van der Waals surface area contributed by atoms with E-state index in [0.717, 1.165) is 52.0 Å². The number of carbonyl (C=O) groups is 1. The molecule has 0 aromatic rings. The summed E-state index contributed by atoms with van der Waals surface area (Å²) in [5.74, 6) is -0.783. The Hall–Kier alpha value is -0.650. The summed E-state index contributed by atoms with van der Waals surface area (Å²) >= 11 is 0. The van der Waals surface area contributed by atoms with Crippen molar-refractivity contribution in [1.29, 1.82) is 0 Å². The Morgan fingerprint density at radius 3 is 2.50 bits per heavy atom. The fourth-order valence-corrected chi connectivity index (χ4v) is 2.77. The van der Waals surface area contributed by atoms with E-state index in [2.05, 4.69) is 4.90 Å². The number of carboxylic acid groups (broad SMARTS) is 1. The molecule has 2 aliphatic rings. The first-order chi connectivity index (χ1) is 8.75. The molecule has 2 aliphatic heterocycles. The Morgan fingerprint density at radius 2 is 1.89 bits per heavy atom. The zero-order chi connectivity index (χ0) is 12.8. The number of nitrogens with zero attached hydrogens (tertiary/aromatic N) is 1. The van der Waals surface area contributed by atoms with Crippen LogP contribution in [0.4, 0.5) is 0 Å². The van der Waals surface area contributed by atoms with Crippen molar-refractivity contribution in [3.05, 3.63) is 0 Å². The third-order valence-electron chi connectivity index (χ3n) is 3.85. The van der Waals surface area contributed by atoms with Gasteiger partial charge < -0.3 is 19.5 Å². The minimum atomic E-state index is -0.783. The van der Waals surface area contributed by atoms with Crippen molar-refractivity contribution in [3.8, 4) is 0 Å². The Balaban J connectivity index is 1.63. The smallest absolute Gasteiger partial charge is 0.305 e. The molecule has 0 amide bonds. The summed E-state index contributed by atoms with van der Waals surface area (Å²) < 4.78 is 11.0. The molecular formula is C13H23NO4. The number of ether oxygens (including phenoxy) is 2. The lowest BCUT2D eigenvalue weighted by atomic mass is 10.0. The van der Waals surface area contributed by atoms with Crippen molar-refractivity contribution in [2.45, 2.75) is 44.2 Å². The standard InChI is InChI=1S/C13H23NO4/c15-13(16)5-10-18-12-1-6-14(7-2-12)11-3-8-17-9-4-11/h11-12H,1-10H2,(H,15,16). The lowest BCUT2D eigenvalue weighted by Gasteiger charge is -2.39. The van der Waals surface area contributed by atoms with Gasteiger partial charge in [-0.05, 0) is 25.7 Å². The van der Waals surface area contributed by atoms with Crippen LogP contribution in [0.25, 0.3) is 0 Å². The van der Waals surface area contributed by atoms with E-state index < -0.39 is 5.97 Å². The summed E-state index contributed by atoms with van der Waals surface area (Å²) in [6.07, 6.45) is 4.70. The van der Waals surface area contributed by atoms with Gasteiger partial charge in [0.1, 0.15) is 0 Å². The van der Waals surface area contributed by atoms with E-state index in [9.17, 15) is 4.79 Å². The summed E-state index contributed by atoms with van der Waals surface area (Å²) in [6.45, 7) is 4.27. The molecule has 2 heterocycles. The highest BCUT2D eigenvalue weighted by Gasteiger charge is 2.26. The molecule has 2 fully saturated rings. The van der Waals surface area contributed by atoms with E-state index in [0.29, 0.717) is 12.6 Å². The average Bonchev–Trinajstić information content (AvgIpc) is 2.40. The molecule has 5 nitrogen and oxygen atoms in total. The molecule has 0 aliphatic carbocycles. The molecule has 2 saturated heterocycles. The molecule has 5 heteroatoms. The Morgan fingerprint density at radius 1 is 1.22 bits per heavy atom. The zero-order valence-corrected chi connectivity index (χ0v) is 10.8. The summed E-state index contributed by atoms with van der Waals surface area (Å²) in [5, 5.41) is 8.56. The van der Waals surface area contributed by atoms with Gasteiger partial charge in [-0.1, -0.05) is 0 Å². The van der Waals surface area contributed by atoms with Crippen molar-refractivity contribution in [3.63, 3.8) is 0 Å². The molecule has 0 unspecified atom stereocenters. The largest absolute Gasteiger partial charge is 0.481 e. The van der Waals surface area contributed by atoms with Gasteiger partial charge in [0, 0.05) is 32.3 Å². The van der Waals surface area contributed by atoms with Crippen molar-refractivity contribution in [2.24, 2.45) is 0 Å². The minimum Gasteiger partial charge on any atom is -0.481 e. The lowest BCUT2D eigenvalue weighted by molar-refractivity contribution is -0.139. The van der Waals surface area contributed by atoms with Crippen LogP contribution in [0.3, 0.4) is 0 Å². The van der Waals surface area contributed by atoms with Crippen molar-refractivity contribution >= 4 is 5.97 Å². The maximum absolute atomic E-state index is 10.4. The number of likely N-dealkylation sites (tertiary alicyclic amines) is 1. The quantitative estimate of drug-likeness (QED) is 0.800. The van der Waals surface area contributed by atoms with Crippen molar-refractivity contribution < 1.29 is 19.4 Å². The molecule has 0 atom stereocenters. The summed E-state index contributed by atoms with van der Waals surface area (Å²) in [6, 6.07) is 0.679. The van der Waals surface area contributed by atoms with Gasteiger partial charge in [-0.3, -0.25) is 4.79 Å². The van der Waals surface area contributed by atoms with E-state index in [4.69, 9.17) is 14.6 Å². The fraction of sp³-hybridized carbons (Fsp3) is 0.923. The van der Waals surface area contributed by atoms with Gasteiger partial charge >= 0.3 is 5.97 Å². The van der Waals surface area contributed by atoms with E-state index in [1.54, 1.807) is 0 Å². The van der Waals surface area contributed by atoms with Gasteiger partial charge in [0.15, 0.2) is 0 Å². The van der Waals surface area contributed by atoms with Gasteiger partial charge in [0.2, 0.25) is 0 Å². The van der Waals surface area contributed by atoms with Gasteiger partial charge in [-0.25, -0.2) is 0 Å². The maximum Gasteiger partial charge on any atom is 0.305 e. The Bertz CT molecular complexity index is 258. The number of carboxylic acids is 1. The van der Waals surface area contributed by atoms with Crippen LogP contribution in [0.1, 0.15) is 32.1 Å². The number of hydrogen-bond acceptors (Lipinski definition) is 4. The minimum absolute atomic E-state index is 0.111. The summed E-state index contributed by atoms with van der Waals surface area (Å²) in [5.41, 5.74) is 0. The molecule has 0 bridgehead atoms. The molecule has 1 N–H and O–H groups in total. The third kappa shape index (κ3) is 4.23. The fourth-order valence-electron chi connectivity index (χ4n) is 2.77. The Kier molecular flexibility index (Phi) is 5.41. The SMILES string of the molecule is O=C(O)CCOC1CCN(C2CCOCC2)CC1. The van der Waals surface area contributed by atoms with Crippen LogP contribution in [-0.4, -0.2) is 61.0 Å². The molecule has 2 rings (SSSR count). The lowest BCUT2D eigenvalue weighted by Crippen LogP contribution is -2.45. The van der Waals surface area contributed by atoms with Crippen LogP contribution in [0.5, 0.6) is 0 Å². The normalized spacial score (nSPS) is 24.2. The topological polar surface area (TPSA) is 59.0 Å². The summed E-state index contributed by atoms with van der Waals surface area (Å²) in [7, 11) is 0. The molecule has 0 saturated carbocycles. The number of rotatable bonds is 5. The third-order valence-corrected chi connectivity index (χ3v) is 3.85. The average molecular weight is 257 g/mol. The zero-order valence-electron chi connectivity index (χ0n) is 10.8. The van der Waals surface area contributed by atoms with Crippen LogP contribution in [0.15, 0.2) is 0 Å². The van der Waals surface area contributed by atoms with Crippen LogP contribution in [0, 0.1) is 0 Å². The highest BCUT2D eigenvalue weighted by molar-refractivity contribution is 5.66. The molecule has 104 valence electrons. The summed E-state index contributed by atoms with van der Waals surface area (Å²) in [4.78, 5) is 12.9. The van der Waals surface area contributed by atoms with Gasteiger partial charge in [0.25, 0.3) is 0 Å². The van der Waals surface area contributed by atoms with E-state index in [1.807, 2.05) is 0 Å². The monoisotopic (exact) mass is 257 g/mol. The molecule has 0 radical (unpaired) electrons. The van der Waals surface area contributed by atoms with Gasteiger partial charge in [-0.2, -0.15) is 0 Å². The van der Waals surface area contributed by atoms with Crippen LogP contribution in [-0.2, 0) is 14.3 Å². The number of hydrogen-bond donors (Lipinski definition) is 1. The molecule has 0 aromatic heterocycles. The van der Waals surface area contributed by atoms with Crippen molar-refractivity contribution in [1.82, 2.24) is 4.90 Å². The van der Waals surface area contributed by atoms with Gasteiger partial charge in [0.05, 0.1) is 19.1 Å². The van der Waals surface area contributed by atoms with E-state index >= 15 is 0 Å². The van der Waals surface area contributed by atoms with E-state index in [-0.39, 0.29) is 12.5 Å². The predicted octanol–water partition coefficient (Wildman–Crippen LogP) is 1.12. The second kappa shape index (κ2) is 7.07. The highest BCUT2D eigenvalue weighted by Crippen LogP contribution is 2.21. The van der Waals surface area contributed by atoms with Crippen LogP contribution >= 0.6 is 0 Å². The Labute approximate surface area is 108 Å². The predicted molar refractivity (Wildman–Crippen MR) is 66.6 cm³/mol. The van der Waals surface area contributed by atoms with Crippen LogP contribution in [0.2, 0.25) is 0 Å². The first-order valence-corrected chi connectivity index (χ1v) is 6.91.